The first kappa shape index (κ1) is 12.5. The third-order valence-electron chi connectivity index (χ3n) is 3.62. The summed E-state index contributed by atoms with van der Waals surface area (Å²) in [7, 11) is 0. The monoisotopic (exact) mass is 236 g/mol. The molecule has 1 saturated heterocycles. The van der Waals surface area contributed by atoms with Crippen LogP contribution in [-0.4, -0.2) is 24.5 Å². The molecule has 1 aromatic carbocycles. The average molecular weight is 236 g/mol. The molecule has 94 valence electrons. The van der Waals surface area contributed by atoms with Crippen LogP contribution in [0, 0.1) is 11.7 Å². The van der Waals surface area contributed by atoms with E-state index in [-0.39, 0.29) is 11.9 Å². The molecule has 1 fully saturated rings. The van der Waals surface area contributed by atoms with Gasteiger partial charge in [-0.05, 0) is 31.4 Å². The fourth-order valence-electron chi connectivity index (χ4n) is 2.73. The van der Waals surface area contributed by atoms with Crippen molar-refractivity contribution in [1.82, 2.24) is 4.90 Å². The zero-order valence-corrected chi connectivity index (χ0v) is 10.4. The van der Waals surface area contributed by atoms with Gasteiger partial charge in [0.05, 0.1) is 0 Å². The Morgan fingerprint density at radius 3 is 2.88 bits per heavy atom. The molecule has 0 bridgehead atoms. The van der Waals surface area contributed by atoms with Crippen LogP contribution in [0.5, 0.6) is 0 Å². The Balaban J connectivity index is 2.18. The number of rotatable bonds is 3. The number of halogens is 1. The summed E-state index contributed by atoms with van der Waals surface area (Å²) in [5.74, 6) is 0.547. The highest BCUT2D eigenvalue weighted by Crippen LogP contribution is 2.27. The molecule has 17 heavy (non-hydrogen) atoms. The maximum atomic E-state index is 13.8. The van der Waals surface area contributed by atoms with Crippen molar-refractivity contribution in [3.8, 4) is 0 Å². The fraction of sp³-hybridized carbons (Fsp3) is 0.571. The van der Waals surface area contributed by atoms with Gasteiger partial charge in [0.25, 0.3) is 0 Å². The van der Waals surface area contributed by atoms with Gasteiger partial charge in [-0.25, -0.2) is 4.39 Å². The summed E-state index contributed by atoms with van der Waals surface area (Å²) in [6.07, 6.45) is 2.46. The highest BCUT2D eigenvalue weighted by Gasteiger charge is 2.25. The molecule has 2 rings (SSSR count). The molecule has 0 spiro atoms. The van der Waals surface area contributed by atoms with E-state index < -0.39 is 0 Å². The van der Waals surface area contributed by atoms with Crippen LogP contribution in [0.4, 0.5) is 4.39 Å². The lowest BCUT2D eigenvalue weighted by Crippen LogP contribution is -2.40. The molecule has 3 heteroatoms. The molecule has 1 heterocycles. The number of nitrogens with two attached hydrogens (primary N) is 1. The highest BCUT2D eigenvalue weighted by molar-refractivity contribution is 5.21. The summed E-state index contributed by atoms with van der Waals surface area (Å²) in [6.45, 7) is 4.78. The van der Waals surface area contributed by atoms with Crippen LogP contribution in [0.3, 0.4) is 0 Å². The zero-order chi connectivity index (χ0) is 12.3. The van der Waals surface area contributed by atoms with Crippen molar-refractivity contribution < 1.29 is 4.39 Å². The molecule has 0 aromatic heterocycles. The molecule has 0 saturated carbocycles. The van der Waals surface area contributed by atoms with Gasteiger partial charge in [-0.1, -0.05) is 25.1 Å². The molecule has 2 N–H and O–H groups in total. The Morgan fingerprint density at radius 1 is 1.47 bits per heavy atom. The zero-order valence-electron chi connectivity index (χ0n) is 10.4. The Labute approximate surface area is 103 Å². The van der Waals surface area contributed by atoms with E-state index in [2.05, 4.69) is 11.8 Å². The maximum Gasteiger partial charge on any atom is 0.128 e. The van der Waals surface area contributed by atoms with Crippen LogP contribution in [0.1, 0.15) is 31.4 Å². The highest BCUT2D eigenvalue weighted by atomic mass is 19.1. The van der Waals surface area contributed by atoms with Gasteiger partial charge in [-0.2, -0.15) is 0 Å². The summed E-state index contributed by atoms with van der Waals surface area (Å²) in [5.41, 5.74) is 6.58. The number of hydrogen-bond donors (Lipinski definition) is 1. The van der Waals surface area contributed by atoms with Gasteiger partial charge in [0.2, 0.25) is 0 Å². The number of nitrogens with zero attached hydrogens (tertiary/aromatic N) is 1. The second kappa shape index (κ2) is 5.61. The van der Waals surface area contributed by atoms with Crippen molar-refractivity contribution >= 4 is 0 Å². The van der Waals surface area contributed by atoms with E-state index in [0.717, 1.165) is 18.7 Å². The van der Waals surface area contributed by atoms with E-state index in [9.17, 15) is 4.39 Å². The van der Waals surface area contributed by atoms with Crippen LogP contribution in [0.15, 0.2) is 24.3 Å². The molecule has 1 aromatic rings. The van der Waals surface area contributed by atoms with E-state index in [0.29, 0.717) is 12.5 Å². The predicted octanol–water partition coefficient (Wildman–Crippen LogP) is 2.56. The van der Waals surface area contributed by atoms with E-state index in [4.69, 9.17) is 5.73 Å². The molecule has 2 atom stereocenters. The van der Waals surface area contributed by atoms with Crippen LogP contribution < -0.4 is 5.73 Å². The molecule has 0 aliphatic carbocycles. The summed E-state index contributed by atoms with van der Waals surface area (Å²) < 4.78 is 13.8. The Hall–Kier alpha value is -0.930. The van der Waals surface area contributed by atoms with Gasteiger partial charge in [0.15, 0.2) is 0 Å². The number of likely N-dealkylation sites (tertiary alicyclic amines) is 1. The topological polar surface area (TPSA) is 29.3 Å². The fourth-order valence-corrected chi connectivity index (χ4v) is 2.73. The van der Waals surface area contributed by atoms with Gasteiger partial charge in [-0.3, -0.25) is 4.90 Å². The van der Waals surface area contributed by atoms with Crippen molar-refractivity contribution in [3.05, 3.63) is 35.6 Å². The molecule has 0 radical (unpaired) electrons. The summed E-state index contributed by atoms with van der Waals surface area (Å²) in [5, 5.41) is 0. The van der Waals surface area contributed by atoms with Gasteiger partial charge < -0.3 is 5.73 Å². The molecule has 2 nitrogen and oxygen atoms in total. The molecule has 0 unspecified atom stereocenters. The number of hydrogen-bond acceptors (Lipinski definition) is 2. The molecule has 0 amide bonds. The van der Waals surface area contributed by atoms with Crippen molar-refractivity contribution in [2.75, 3.05) is 19.6 Å². The average Bonchev–Trinajstić information content (AvgIpc) is 2.33. The van der Waals surface area contributed by atoms with Gasteiger partial charge in [-0.15, -0.1) is 0 Å². The number of benzene rings is 1. The Morgan fingerprint density at radius 2 is 2.24 bits per heavy atom. The minimum atomic E-state index is -0.138. The summed E-state index contributed by atoms with van der Waals surface area (Å²) in [6, 6.07) is 7.01. The smallest absolute Gasteiger partial charge is 0.128 e. The second-order valence-electron chi connectivity index (χ2n) is 5.02. The van der Waals surface area contributed by atoms with E-state index in [1.165, 1.54) is 18.9 Å². The molecular weight excluding hydrogens is 215 g/mol. The first-order chi connectivity index (χ1) is 8.22. The maximum absolute atomic E-state index is 13.8. The molecule has 1 aliphatic rings. The lowest BCUT2D eigenvalue weighted by Gasteiger charge is -2.37. The van der Waals surface area contributed by atoms with Crippen molar-refractivity contribution in [1.29, 1.82) is 0 Å². The van der Waals surface area contributed by atoms with Crippen LogP contribution in [-0.2, 0) is 0 Å². The number of piperidine rings is 1. The van der Waals surface area contributed by atoms with E-state index >= 15 is 0 Å². The minimum absolute atomic E-state index is 0.0268. The van der Waals surface area contributed by atoms with E-state index in [1.54, 1.807) is 6.07 Å². The largest absolute Gasteiger partial charge is 0.329 e. The predicted molar refractivity (Wildman–Crippen MR) is 68.2 cm³/mol. The van der Waals surface area contributed by atoms with Crippen LogP contribution >= 0.6 is 0 Å². The normalized spacial score (nSPS) is 23.6. The quantitative estimate of drug-likeness (QED) is 0.874. The minimum Gasteiger partial charge on any atom is -0.329 e. The first-order valence-corrected chi connectivity index (χ1v) is 6.41. The molecular formula is C14H21FN2. The van der Waals surface area contributed by atoms with Crippen molar-refractivity contribution in [2.45, 2.75) is 25.8 Å². The third kappa shape index (κ3) is 2.85. The summed E-state index contributed by atoms with van der Waals surface area (Å²) >= 11 is 0. The first-order valence-electron chi connectivity index (χ1n) is 6.41. The molecule has 1 aliphatic heterocycles. The van der Waals surface area contributed by atoms with Gasteiger partial charge in [0, 0.05) is 24.7 Å². The van der Waals surface area contributed by atoms with Crippen LogP contribution in [0.25, 0.3) is 0 Å². The van der Waals surface area contributed by atoms with Crippen LogP contribution in [0.2, 0.25) is 0 Å². The Bertz CT molecular complexity index is 367. The van der Waals surface area contributed by atoms with E-state index in [1.807, 2.05) is 12.1 Å². The van der Waals surface area contributed by atoms with Crippen molar-refractivity contribution in [3.63, 3.8) is 0 Å². The third-order valence-corrected chi connectivity index (χ3v) is 3.62. The lowest BCUT2D eigenvalue weighted by atomic mass is 9.96. The standard InChI is InChI=1S/C14H21FN2/c1-11-5-4-8-17(10-11)14(9-16)12-6-2-3-7-13(12)15/h2-3,6-7,11,14H,4-5,8-10,16H2,1H3/t11-,14-/m0/s1. The SMILES string of the molecule is C[C@H]1CCCN([C@@H](CN)c2ccccc2F)C1. The van der Waals surface area contributed by atoms with Gasteiger partial charge in [0.1, 0.15) is 5.82 Å². The Kier molecular flexibility index (Phi) is 4.13. The van der Waals surface area contributed by atoms with Crippen molar-refractivity contribution in [2.24, 2.45) is 11.7 Å². The lowest BCUT2D eigenvalue weighted by molar-refractivity contribution is 0.131. The van der Waals surface area contributed by atoms with Gasteiger partial charge >= 0.3 is 0 Å². The summed E-state index contributed by atoms with van der Waals surface area (Å²) in [4.78, 5) is 2.33. The second-order valence-corrected chi connectivity index (χ2v) is 5.02.